The molecule has 0 aromatic heterocycles. The molecule has 5 heteroatoms. The van der Waals surface area contributed by atoms with E-state index in [1.807, 2.05) is 0 Å². The van der Waals surface area contributed by atoms with Crippen LogP contribution in [-0.2, 0) is 4.74 Å². The Labute approximate surface area is 70.2 Å². The summed E-state index contributed by atoms with van der Waals surface area (Å²) < 4.78 is 4.99. The van der Waals surface area contributed by atoms with Crippen molar-refractivity contribution in [2.24, 2.45) is 0 Å². The standard InChI is InChI=1S/C6H12O4S/c1-2-3(7)4(8)5(9)6(11)10-2/h2-9,11H,1H3/t2-,3+,4+,5-,6+/m1/s1. The van der Waals surface area contributed by atoms with E-state index in [0.29, 0.717) is 0 Å². The van der Waals surface area contributed by atoms with Crippen molar-refractivity contribution in [3.05, 3.63) is 0 Å². The third-order valence-electron chi connectivity index (χ3n) is 1.83. The quantitative estimate of drug-likeness (QED) is 0.351. The number of hydrogen-bond donors (Lipinski definition) is 4. The Morgan fingerprint density at radius 3 is 2.18 bits per heavy atom. The first kappa shape index (κ1) is 9.28. The third kappa shape index (κ3) is 1.68. The molecule has 0 aromatic carbocycles. The second kappa shape index (κ2) is 3.28. The van der Waals surface area contributed by atoms with Crippen molar-refractivity contribution in [2.45, 2.75) is 36.8 Å². The zero-order valence-electron chi connectivity index (χ0n) is 6.08. The van der Waals surface area contributed by atoms with Crippen LogP contribution < -0.4 is 0 Å². The average molecular weight is 180 g/mol. The van der Waals surface area contributed by atoms with Gasteiger partial charge < -0.3 is 20.1 Å². The summed E-state index contributed by atoms with van der Waals surface area (Å²) in [7, 11) is 0. The van der Waals surface area contributed by atoms with Crippen LogP contribution in [-0.4, -0.2) is 45.2 Å². The lowest BCUT2D eigenvalue weighted by Crippen LogP contribution is -2.54. The largest absolute Gasteiger partial charge is 0.388 e. The molecule has 0 amide bonds. The van der Waals surface area contributed by atoms with Crippen molar-refractivity contribution >= 4 is 12.6 Å². The highest BCUT2D eigenvalue weighted by molar-refractivity contribution is 7.80. The van der Waals surface area contributed by atoms with Crippen molar-refractivity contribution in [2.75, 3.05) is 0 Å². The highest BCUT2D eigenvalue weighted by Crippen LogP contribution is 2.22. The molecule has 1 saturated heterocycles. The lowest BCUT2D eigenvalue weighted by atomic mass is 10.0. The molecule has 11 heavy (non-hydrogen) atoms. The summed E-state index contributed by atoms with van der Waals surface area (Å²) in [6.45, 7) is 1.61. The molecule has 4 nitrogen and oxygen atoms in total. The van der Waals surface area contributed by atoms with Crippen LogP contribution in [0.2, 0.25) is 0 Å². The summed E-state index contributed by atoms with van der Waals surface area (Å²) in [6.07, 6.45) is -3.81. The maximum Gasteiger partial charge on any atom is 0.129 e. The van der Waals surface area contributed by atoms with Gasteiger partial charge in [0.15, 0.2) is 0 Å². The molecule has 3 N–H and O–H groups in total. The Morgan fingerprint density at radius 2 is 1.64 bits per heavy atom. The second-order valence-electron chi connectivity index (χ2n) is 2.70. The molecule has 1 fully saturated rings. The van der Waals surface area contributed by atoms with E-state index in [-0.39, 0.29) is 0 Å². The Morgan fingerprint density at radius 1 is 1.09 bits per heavy atom. The topological polar surface area (TPSA) is 69.9 Å². The minimum atomic E-state index is -1.17. The molecular weight excluding hydrogens is 168 g/mol. The Bertz CT molecular complexity index is 129. The summed E-state index contributed by atoms with van der Waals surface area (Å²) in [5.41, 5.74) is -0.719. The van der Waals surface area contributed by atoms with E-state index >= 15 is 0 Å². The molecular formula is C6H12O4S. The summed E-state index contributed by atoms with van der Waals surface area (Å²) in [6, 6.07) is 0. The van der Waals surface area contributed by atoms with E-state index in [4.69, 9.17) is 20.1 Å². The number of hydrogen-bond acceptors (Lipinski definition) is 5. The molecule has 0 aliphatic carbocycles. The van der Waals surface area contributed by atoms with Gasteiger partial charge in [-0.3, -0.25) is 0 Å². The highest BCUT2D eigenvalue weighted by atomic mass is 32.1. The zero-order chi connectivity index (χ0) is 8.59. The van der Waals surface area contributed by atoms with Gasteiger partial charge in [0, 0.05) is 0 Å². The fourth-order valence-electron chi connectivity index (χ4n) is 1.03. The van der Waals surface area contributed by atoms with Gasteiger partial charge in [-0.1, -0.05) is 0 Å². The number of aliphatic hydroxyl groups excluding tert-OH is 3. The first-order valence-corrected chi connectivity index (χ1v) is 3.93. The monoisotopic (exact) mass is 180 g/mol. The van der Waals surface area contributed by atoms with Gasteiger partial charge in [0.2, 0.25) is 0 Å². The van der Waals surface area contributed by atoms with Crippen LogP contribution in [0, 0.1) is 0 Å². The maximum atomic E-state index is 9.17. The molecule has 0 aromatic rings. The van der Waals surface area contributed by atoms with Crippen molar-refractivity contribution in [1.82, 2.24) is 0 Å². The summed E-state index contributed by atoms with van der Waals surface area (Å²) in [5, 5.41) is 27.4. The Hall–Kier alpha value is 0.190. The van der Waals surface area contributed by atoms with Gasteiger partial charge in [0.25, 0.3) is 0 Å². The molecule has 0 bridgehead atoms. The van der Waals surface area contributed by atoms with Gasteiger partial charge >= 0.3 is 0 Å². The van der Waals surface area contributed by atoms with E-state index in [0.717, 1.165) is 0 Å². The van der Waals surface area contributed by atoms with Crippen LogP contribution in [0.25, 0.3) is 0 Å². The maximum absolute atomic E-state index is 9.17. The van der Waals surface area contributed by atoms with Gasteiger partial charge in [-0.05, 0) is 6.92 Å². The fraction of sp³-hybridized carbons (Fsp3) is 1.00. The van der Waals surface area contributed by atoms with Gasteiger partial charge in [0.1, 0.15) is 23.7 Å². The number of aliphatic hydroxyl groups is 3. The normalized spacial score (nSPS) is 52.6. The molecule has 0 unspecified atom stereocenters. The van der Waals surface area contributed by atoms with Crippen LogP contribution in [0.4, 0.5) is 0 Å². The van der Waals surface area contributed by atoms with Crippen molar-refractivity contribution in [3.63, 3.8) is 0 Å². The van der Waals surface area contributed by atoms with Crippen molar-refractivity contribution in [3.8, 4) is 0 Å². The van der Waals surface area contributed by atoms with Gasteiger partial charge in [-0.15, -0.1) is 12.6 Å². The average Bonchev–Trinajstić information content (AvgIpc) is 1.97. The fourth-order valence-corrected chi connectivity index (χ4v) is 1.40. The summed E-state index contributed by atoms with van der Waals surface area (Å²) in [4.78, 5) is 0. The minimum absolute atomic E-state index is 0.490. The molecule has 0 spiro atoms. The molecule has 1 rings (SSSR count). The van der Waals surface area contributed by atoms with Crippen molar-refractivity contribution < 1.29 is 20.1 Å². The number of thiol groups is 1. The molecule has 0 saturated carbocycles. The van der Waals surface area contributed by atoms with Crippen LogP contribution in [0.3, 0.4) is 0 Å². The predicted octanol–water partition coefficient (Wildman–Crippen LogP) is -1.26. The van der Waals surface area contributed by atoms with Crippen LogP contribution in [0.1, 0.15) is 6.92 Å². The molecule has 1 aliphatic heterocycles. The first-order valence-electron chi connectivity index (χ1n) is 3.41. The van der Waals surface area contributed by atoms with E-state index in [1.165, 1.54) is 0 Å². The Kier molecular flexibility index (Phi) is 2.77. The first-order chi connectivity index (χ1) is 5.04. The van der Waals surface area contributed by atoms with E-state index < -0.39 is 29.9 Å². The molecule has 0 radical (unpaired) electrons. The summed E-state index contributed by atoms with van der Waals surface area (Å²) >= 11 is 3.87. The number of ether oxygens (including phenoxy) is 1. The van der Waals surface area contributed by atoms with Gasteiger partial charge in [-0.25, -0.2) is 0 Å². The summed E-state index contributed by atoms with van der Waals surface area (Å²) in [5.74, 6) is 0. The van der Waals surface area contributed by atoms with E-state index in [9.17, 15) is 0 Å². The SMILES string of the molecule is C[C@H]1O[C@@H](S)[C@H](O)[C@@H](O)[C@H]1O. The lowest BCUT2D eigenvalue weighted by molar-refractivity contribution is -0.191. The predicted molar refractivity (Wildman–Crippen MR) is 41.3 cm³/mol. The van der Waals surface area contributed by atoms with Crippen molar-refractivity contribution in [1.29, 1.82) is 0 Å². The van der Waals surface area contributed by atoms with Gasteiger partial charge in [-0.2, -0.15) is 0 Å². The highest BCUT2D eigenvalue weighted by Gasteiger charge is 2.39. The molecule has 1 aliphatic rings. The third-order valence-corrected chi connectivity index (χ3v) is 2.25. The van der Waals surface area contributed by atoms with E-state index in [1.54, 1.807) is 6.92 Å². The minimum Gasteiger partial charge on any atom is -0.388 e. The Balaban J connectivity index is 2.63. The van der Waals surface area contributed by atoms with Crippen LogP contribution in [0.5, 0.6) is 0 Å². The van der Waals surface area contributed by atoms with Crippen LogP contribution in [0.15, 0.2) is 0 Å². The van der Waals surface area contributed by atoms with E-state index in [2.05, 4.69) is 12.6 Å². The van der Waals surface area contributed by atoms with Gasteiger partial charge in [0.05, 0.1) is 6.10 Å². The lowest BCUT2D eigenvalue weighted by Gasteiger charge is -2.37. The molecule has 5 atom stereocenters. The molecule has 66 valence electrons. The smallest absolute Gasteiger partial charge is 0.129 e. The zero-order valence-corrected chi connectivity index (χ0v) is 6.98. The van der Waals surface area contributed by atoms with Crippen LogP contribution >= 0.6 is 12.6 Å². The second-order valence-corrected chi connectivity index (χ2v) is 3.21. The number of rotatable bonds is 0. The molecule has 1 heterocycles.